The van der Waals surface area contributed by atoms with Crippen molar-refractivity contribution in [3.05, 3.63) is 42.7 Å². The Morgan fingerprint density at radius 2 is 2.16 bits per heavy atom. The fourth-order valence-corrected chi connectivity index (χ4v) is 1.93. The van der Waals surface area contributed by atoms with Gasteiger partial charge < -0.3 is 14.6 Å². The topological polar surface area (TPSA) is 56.2 Å². The number of nitrogens with zero attached hydrogens (tertiary/aromatic N) is 2. The molecule has 5 nitrogen and oxygen atoms in total. The number of carbonyl (C=O) groups excluding carboxylic acids is 1. The molecule has 1 aromatic heterocycles. The highest BCUT2D eigenvalue weighted by Gasteiger charge is 2.18. The molecule has 0 amide bonds. The van der Waals surface area contributed by atoms with Gasteiger partial charge in [-0.2, -0.15) is 0 Å². The summed E-state index contributed by atoms with van der Waals surface area (Å²) in [7, 11) is 3.12. The van der Waals surface area contributed by atoms with Crippen LogP contribution in [0.4, 0.5) is 0 Å². The maximum atomic E-state index is 11.6. The zero-order chi connectivity index (χ0) is 13.7. The molecule has 0 aliphatic rings. The third-order valence-corrected chi connectivity index (χ3v) is 2.96. The first kappa shape index (κ1) is 13.3. The van der Waals surface area contributed by atoms with Crippen LogP contribution >= 0.6 is 0 Å². The van der Waals surface area contributed by atoms with Gasteiger partial charge in [0.15, 0.2) is 0 Å². The maximum Gasteiger partial charge on any atom is 0.324 e. The van der Waals surface area contributed by atoms with Gasteiger partial charge in [0.2, 0.25) is 0 Å². The standard InChI is InChI=1S/C14H17N3O2/c1-15-12(14(18)19-2)10-17-9-8-16-13(17)11-6-4-3-5-7-11/h3-9,12,15H,10H2,1-2H3. The van der Waals surface area contributed by atoms with E-state index in [9.17, 15) is 4.79 Å². The molecule has 1 heterocycles. The lowest BCUT2D eigenvalue weighted by atomic mass is 10.2. The average Bonchev–Trinajstić information content (AvgIpc) is 2.93. The van der Waals surface area contributed by atoms with Gasteiger partial charge in [-0.25, -0.2) is 4.98 Å². The lowest BCUT2D eigenvalue weighted by Gasteiger charge is -2.16. The van der Waals surface area contributed by atoms with Gasteiger partial charge in [-0.3, -0.25) is 4.79 Å². The summed E-state index contributed by atoms with van der Waals surface area (Å²) >= 11 is 0. The van der Waals surface area contributed by atoms with E-state index in [0.29, 0.717) is 6.54 Å². The minimum atomic E-state index is -0.387. The van der Waals surface area contributed by atoms with Gasteiger partial charge in [0.1, 0.15) is 11.9 Å². The SMILES string of the molecule is CNC(Cn1ccnc1-c1ccccc1)C(=O)OC. The lowest BCUT2D eigenvalue weighted by molar-refractivity contribution is -0.143. The van der Waals surface area contributed by atoms with Crippen molar-refractivity contribution in [2.24, 2.45) is 0 Å². The predicted octanol–water partition coefficient (Wildman–Crippen LogP) is 1.31. The third kappa shape index (κ3) is 3.00. The third-order valence-electron chi connectivity index (χ3n) is 2.96. The highest BCUT2D eigenvalue weighted by Crippen LogP contribution is 2.17. The minimum absolute atomic E-state index is 0.282. The molecule has 0 aliphatic carbocycles. The number of hydrogen-bond donors (Lipinski definition) is 1. The zero-order valence-electron chi connectivity index (χ0n) is 11.0. The van der Waals surface area contributed by atoms with Crippen LogP contribution in [0.25, 0.3) is 11.4 Å². The zero-order valence-corrected chi connectivity index (χ0v) is 11.0. The summed E-state index contributed by atoms with van der Waals surface area (Å²) in [5.41, 5.74) is 1.02. The van der Waals surface area contributed by atoms with Crippen LogP contribution in [-0.2, 0) is 16.1 Å². The number of esters is 1. The van der Waals surface area contributed by atoms with Crippen molar-refractivity contribution >= 4 is 5.97 Å². The monoisotopic (exact) mass is 259 g/mol. The number of rotatable bonds is 5. The Labute approximate surface area is 112 Å². The Morgan fingerprint density at radius 1 is 1.42 bits per heavy atom. The van der Waals surface area contributed by atoms with Crippen LogP contribution in [0.2, 0.25) is 0 Å². The van der Waals surface area contributed by atoms with Gasteiger partial charge in [0.05, 0.1) is 13.7 Å². The molecule has 19 heavy (non-hydrogen) atoms. The number of hydrogen-bond acceptors (Lipinski definition) is 4. The Bertz CT molecular complexity index is 537. The highest BCUT2D eigenvalue weighted by molar-refractivity contribution is 5.75. The van der Waals surface area contributed by atoms with Gasteiger partial charge in [-0.15, -0.1) is 0 Å². The summed E-state index contributed by atoms with van der Waals surface area (Å²) in [4.78, 5) is 15.9. The number of likely N-dealkylation sites (N-methyl/N-ethyl adjacent to an activating group) is 1. The number of imidazole rings is 1. The van der Waals surface area contributed by atoms with Crippen LogP contribution in [0.1, 0.15) is 0 Å². The number of nitrogens with one attached hydrogen (secondary N) is 1. The van der Waals surface area contributed by atoms with E-state index in [1.807, 2.05) is 41.1 Å². The molecule has 0 saturated carbocycles. The summed E-state index contributed by atoms with van der Waals surface area (Å²) in [6, 6.07) is 9.48. The number of benzene rings is 1. The fourth-order valence-electron chi connectivity index (χ4n) is 1.93. The molecule has 1 unspecified atom stereocenters. The molecule has 0 spiro atoms. The van der Waals surface area contributed by atoms with E-state index >= 15 is 0 Å². The van der Waals surface area contributed by atoms with Crippen molar-refractivity contribution in [1.29, 1.82) is 0 Å². The normalized spacial score (nSPS) is 12.1. The second-order valence-corrected chi connectivity index (χ2v) is 4.13. The highest BCUT2D eigenvalue weighted by atomic mass is 16.5. The van der Waals surface area contributed by atoms with Crippen molar-refractivity contribution in [3.8, 4) is 11.4 Å². The second-order valence-electron chi connectivity index (χ2n) is 4.13. The number of carbonyl (C=O) groups is 1. The van der Waals surface area contributed by atoms with E-state index < -0.39 is 0 Å². The van der Waals surface area contributed by atoms with Gasteiger partial charge in [0.25, 0.3) is 0 Å². The van der Waals surface area contributed by atoms with Gasteiger partial charge >= 0.3 is 5.97 Å². The van der Waals surface area contributed by atoms with Crippen LogP contribution in [0.3, 0.4) is 0 Å². The summed E-state index contributed by atoms with van der Waals surface area (Å²) in [5, 5.41) is 2.95. The van der Waals surface area contributed by atoms with Crippen LogP contribution in [0, 0.1) is 0 Å². The van der Waals surface area contributed by atoms with Crippen molar-refractivity contribution in [3.63, 3.8) is 0 Å². The Kier molecular flexibility index (Phi) is 4.30. The molecular formula is C14H17N3O2. The van der Waals surface area contributed by atoms with Crippen molar-refractivity contribution in [2.45, 2.75) is 12.6 Å². The van der Waals surface area contributed by atoms with Crippen molar-refractivity contribution < 1.29 is 9.53 Å². The molecule has 0 radical (unpaired) electrons. The van der Waals surface area contributed by atoms with E-state index in [0.717, 1.165) is 11.4 Å². The number of aromatic nitrogens is 2. The number of methoxy groups -OCH3 is 1. The quantitative estimate of drug-likeness (QED) is 0.823. The smallest absolute Gasteiger partial charge is 0.324 e. The first-order valence-corrected chi connectivity index (χ1v) is 6.08. The van der Waals surface area contributed by atoms with Gasteiger partial charge in [0, 0.05) is 18.0 Å². The predicted molar refractivity (Wildman–Crippen MR) is 72.5 cm³/mol. The molecule has 1 atom stereocenters. The maximum absolute atomic E-state index is 11.6. The van der Waals surface area contributed by atoms with Crippen LogP contribution in [0.5, 0.6) is 0 Å². The molecular weight excluding hydrogens is 242 g/mol. The Morgan fingerprint density at radius 3 is 2.79 bits per heavy atom. The van der Waals surface area contributed by atoms with Crippen LogP contribution < -0.4 is 5.32 Å². The molecule has 1 N–H and O–H groups in total. The van der Waals surface area contributed by atoms with Crippen LogP contribution in [0.15, 0.2) is 42.7 Å². The molecule has 0 aliphatic heterocycles. The molecule has 100 valence electrons. The molecule has 2 aromatic rings. The molecule has 0 bridgehead atoms. The summed E-state index contributed by atoms with van der Waals surface area (Å²) in [6.45, 7) is 0.480. The summed E-state index contributed by atoms with van der Waals surface area (Å²) < 4.78 is 6.70. The number of ether oxygens (including phenoxy) is 1. The minimum Gasteiger partial charge on any atom is -0.468 e. The van der Waals surface area contributed by atoms with E-state index in [1.54, 1.807) is 13.2 Å². The first-order valence-electron chi connectivity index (χ1n) is 6.08. The summed E-state index contributed by atoms with van der Waals surface area (Å²) in [6.07, 6.45) is 3.59. The van der Waals surface area contributed by atoms with E-state index in [1.165, 1.54) is 7.11 Å². The van der Waals surface area contributed by atoms with Crippen molar-refractivity contribution in [1.82, 2.24) is 14.9 Å². The molecule has 0 saturated heterocycles. The Balaban J connectivity index is 2.23. The van der Waals surface area contributed by atoms with Crippen LogP contribution in [-0.4, -0.2) is 35.7 Å². The fraction of sp³-hybridized carbons (Fsp3) is 0.286. The molecule has 1 aromatic carbocycles. The average molecular weight is 259 g/mol. The second kappa shape index (κ2) is 6.15. The molecule has 5 heteroatoms. The van der Waals surface area contributed by atoms with E-state index in [4.69, 9.17) is 4.74 Å². The van der Waals surface area contributed by atoms with Crippen molar-refractivity contribution in [2.75, 3.05) is 14.2 Å². The van der Waals surface area contributed by atoms with E-state index in [-0.39, 0.29) is 12.0 Å². The molecule has 2 rings (SSSR count). The molecule has 0 fully saturated rings. The van der Waals surface area contributed by atoms with Gasteiger partial charge in [-0.05, 0) is 7.05 Å². The lowest BCUT2D eigenvalue weighted by Crippen LogP contribution is -2.38. The largest absolute Gasteiger partial charge is 0.468 e. The van der Waals surface area contributed by atoms with E-state index in [2.05, 4.69) is 10.3 Å². The van der Waals surface area contributed by atoms with Gasteiger partial charge in [-0.1, -0.05) is 30.3 Å². The Hall–Kier alpha value is -2.14. The summed E-state index contributed by atoms with van der Waals surface area (Å²) in [5.74, 6) is 0.556. The first-order chi connectivity index (χ1) is 9.26.